The summed E-state index contributed by atoms with van der Waals surface area (Å²) in [6.45, 7) is 13.7. The first-order valence-electron chi connectivity index (χ1n) is 10.6. The zero-order chi connectivity index (χ0) is 21.5. The molecule has 1 atom stereocenters. The number of aliphatic hydroxyl groups is 1. The van der Waals surface area contributed by atoms with E-state index in [9.17, 15) is 14.7 Å². The van der Waals surface area contributed by atoms with Crippen LogP contribution >= 0.6 is 0 Å². The van der Waals surface area contributed by atoms with Crippen molar-refractivity contribution in [2.45, 2.75) is 86.2 Å². The molecule has 1 rings (SSSR count). The number of hydrogen-bond acceptors (Lipinski definition) is 5. The van der Waals surface area contributed by atoms with Gasteiger partial charge in [0.1, 0.15) is 6.61 Å². The maximum absolute atomic E-state index is 12.5. The summed E-state index contributed by atoms with van der Waals surface area (Å²) in [6, 6.07) is 0. The highest BCUT2D eigenvalue weighted by Gasteiger charge is 2.41. The predicted molar refractivity (Wildman–Crippen MR) is 111 cm³/mol. The lowest BCUT2D eigenvalue weighted by atomic mass is 9.85. The lowest BCUT2D eigenvalue weighted by Gasteiger charge is -2.36. The number of ether oxygens (including phenoxy) is 2. The number of carbonyl (C=O) groups excluding carboxylic acids is 2. The molecule has 1 unspecified atom stereocenters. The predicted octanol–water partition coefficient (Wildman–Crippen LogP) is 4.67. The van der Waals surface area contributed by atoms with Crippen molar-refractivity contribution in [2.75, 3.05) is 13.2 Å². The lowest BCUT2D eigenvalue weighted by molar-refractivity contribution is -0.183. The Morgan fingerprint density at radius 3 is 2.21 bits per heavy atom. The molecule has 0 amide bonds. The zero-order valence-corrected chi connectivity index (χ0v) is 18.8. The van der Waals surface area contributed by atoms with E-state index in [0.717, 1.165) is 19.3 Å². The molecule has 28 heavy (non-hydrogen) atoms. The van der Waals surface area contributed by atoms with Crippen LogP contribution in [0.5, 0.6) is 0 Å². The average Bonchev–Trinajstić information content (AvgIpc) is 2.56. The van der Waals surface area contributed by atoms with Gasteiger partial charge in [0.25, 0.3) is 0 Å². The van der Waals surface area contributed by atoms with Gasteiger partial charge >= 0.3 is 11.9 Å². The SMILES string of the molecule is CC(C)CC(C/C=C1\CCC(CO)(COC(=O)C(C)(C)C)OC1=O)CC(C)C. The number of cyclic esters (lactones) is 1. The van der Waals surface area contributed by atoms with Gasteiger partial charge in [-0.05, 0) is 70.6 Å². The molecule has 0 aliphatic carbocycles. The van der Waals surface area contributed by atoms with Gasteiger partial charge in [-0.15, -0.1) is 0 Å². The second kappa shape index (κ2) is 10.4. The summed E-state index contributed by atoms with van der Waals surface area (Å²) in [4.78, 5) is 24.5. The smallest absolute Gasteiger partial charge is 0.334 e. The van der Waals surface area contributed by atoms with Crippen molar-refractivity contribution in [1.82, 2.24) is 0 Å². The summed E-state index contributed by atoms with van der Waals surface area (Å²) in [5.74, 6) is 1.03. The molecule has 5 heteroatoms. The van der Waals surface area contributed by atoms with Crippen molar-refractivity contribution in [1.29, 1.82) is 0 Å². The van der Waals surface area contributed by atoms with Crippen LogP contribution in [-0.4, -0.2) is 35.9 Å². The molecule has 0 spiro atoms. The fourth-order valence-electron chi connectivity index (χ4n) is 3.57. The first-order valence-corrected chi connectivity index (χ1v) is 10.6. The summed E-state index contributed by atoms with van der Waals surface area (Å²) < 4.78 is 10.9. The van der Waals surface area contributed by atoms with Crippen LogP contribution in [0.4, 0.5) is 0 Å². The fourth-order valence-corrected chi connectivity index (χ4v) is 3.57. The highest BCUT2D eigenvalue weighted by molar-refractivity contribution is 5.89. The number of rotatable bonds is 9. The molecular formula is C23H40O5. The highest BCUT2D eigenvalue weighted by atomic mass is 16.6. The van der Waals surface area contributed by atoms with E-state index in [1.807, 2.05) is 6.08 Å². The molecule has 0 aromatic carbocycles. The van der Waals surface area contributed by atoms with Gasteiger partial charge in [0.05, 0.1) is 12.0 Å². The summed E-state index contributed by atoms with van der Waals surface area (Å²) in [6.07, 6.45) is 6.15. The summed E-state index contributed by atoms with van der Waals surface area (Å²) in [7, 11) is 0. The zero-order valence-electron chi connectivity index (χ0n) is 18.8. The topological polar surface area (TPSA) is 72.8 Å². The molecule has 0 aromatic heterocycles. The Labute approximate surface area is 170 Å². The molecule has 1 fully saturated rings. The molecule has 0 aromatic rings. The minimum atomic E-state index is -1.13. The maximum Gasteiger partial charge on any atom is 0.334 e. The van der Waals surface area contributed by atoms with Crippen molar-refractivity contribution in [2.24, 2.45) is 23.2 Å². The molecule has 5 nitrogen and oxygen atoms in total. The van der Waals surface area contributed by atoms with Crippen LogP contribution in [0.15, 0.2) is 11.6 Å². The summed E-state index contributed by atoms with van der Waals surface area (Å²) in [5, 5.41) is 9.79. The molecule has 1 saturated heterocycles. The minimum Gasteiger partial charge on any atom is -0.461 e. The number of hydrogen-bond donors (Lipinski definition) is 1. The van der Waals surface area contributed by atoms with Crippen molar-refractivity contribution in [3.8, 4) is 0 Å². The van der Waals surface area contributed by atoms with E-state index in [0.29, 0.717) is 36.2 Å². The van der Waals surface area contributed by atoms with E-state index in [-0.39, 0.29) is 19.2 Å². The quantitative estimate of drug-likeness (QED) is 0.453. The number of aliphatic hydroxyl groups excluding tert-OH is 1. The van der Waals surface area contributed by atoms with Crippen LogP contribution in [0.25, 0.3) is 0 Å². The lowest BCUT2D eigenvalue weighted by Crippen LogP contribution is -2.48. The third-order valence-corrected chi connectivity index (χ3v) is 5.10. The average molecular weight is 397 g/mol. The van der Waals surface area contributed by atoms with E-state index >= 15 is 0 Å². The van der Waals surface area contributed by atoms with Gasteiger partial charge in [-0.2, -0.15) is 0 Å². The van der Waals surface area contributed by atoms with E-state index in [1.165, 1.54) is 0 Å². The molecule has 1 aliphatic heterocycles. The van der Waals surface area contributed by atoms with Gasteiger partial charge in [0, 0.05) is 5.57 Å². The van der Waals surface area contributed by atoms with Gasteiger partial charge in [0.2, 0.25) is 0 Å². The van der Waals surface area contributed by atoms with E-state index in [1.54, 1.807) is 20.8 Å². The van der Waals surface area contributed by atoms with E-state index in [2.05, 4.69) is 27.7 Å². The molecule has 0 saturated carbocycles. The maximum atomic E-state index is 12.5. The number of carbonyl (C=O) groups is 2. The van der Waals surface area contributed by atoms with Crippen LogP contribution in [0.2, 0.25) is 0 Å². The Hall–Kier alpha value is -1.36. The fraction of sp³-hybridized carbons (Fsp3) is 0.826. The molecule has 162 valence electrons. The van der Waals surface area contributed by atoms with Crippen LogP contribution in [0.1, 0.15) is 80.6 Å². The van der Waals surface area contributed by atoms with Gasteiger partial charge in [-0.3, -0.25) is 4.79 Å². The van der Waals surface area contributed by atoms with Gasteiger partial charge in [-0.25, -0.2) is 4.79 Å². The van der Waals surface area contributed by atoms with Crippen molar-refractivity contribution < 1.29 is 24.2 Å². The Bertz CT molecular complexity index is 546. The van der Waals surface area contributed by atoms with Gasteiger partial charge in [0.15, 0.2) is 5.60 Å². The van der Waals surface area contributed by atoms with Crippen molar-refractivity contribution in [3.63, 3.8) is 0 Å². The summed E-state index contributed by atoms with van der Waals surface area (Å²) >= 11 is 0. The monoisotopic (exact) mass is 396 g/mol. The third kappa shape index (κ3) is 7.94. The second-order valence-electron chi connectivity index (χ2n) is 10.1. The van der Waals surface area contributed by atoms with Crippen LogP contribution in [0.3, 0.4) is 0 Å². The Kier molecular flexibility index (Phi) is 9.19. The van der Waals surface area contributed by atoms with Gasteiger partial charge in [-0.1, -0.05) is 33.8 Å². The Morgan fingerprint density at radius 1 is 1.21 bits per heavy atom. The second-order valence-corrected chi connectivity index (χ2v) is 10.1. The number of allylic oxidation sites excluding steroid dienone is 1. The Morgan fingerprint density at radius 2 is 1.79 bits per heavy atom. The Balaban J connectivity index is 2.72. The molecule has 1 aliphatic rings. The van der Waals surface area contributed by atoms with E-state index in [4.69, 9.17) is 9.47 Å². The van der Waals surface area contributed by atoms with Crippen LogP contribution < -0.4 is 0 Å². The standard InChI is InChI=1S/C23H40O5/c1-16(2)12-18(13-17(3)4)8-9-19-10-11-23(14-24,28-20(19)25)15-27-21(26)22(5,6)7/h9,16-18,24H,8,10-15H2,1-7H3/b19-9+. The normalized spacial score (nSPS) is 22.2. The number of esters is 2. The van der Waals surface area contributed by atoms with Crippen LogP contribution in [-0.2, 0) is 19.1 Å². The first-order chi connectivity index (χ1) is 12.9. The third-order valence-electron chi connectivity index (χ3n) is 5.10. The van der Waals surface area contributed by atoms with Crippen molar-refractivity contribution in [3.05, 3.63) is 11.6 Å². The van der Waals surface area contributed by atoms with Crippen molar-refractivity contribution >= 4 is 11.9 Å². The molecule has 0 bridgehead atoms. The van der Waals surface area contributed by atoms with E-state index < -0.39 is 17.0 Å². The van der Waals surface area contributed by atoms with Crippen LogP contribution in [0, 0.1) is 23.2 Å². The van der Waals surface area contributed by atoms with Gasteiger partial charge < -0.3 is 14.6 Å². The molecule has 1 N–H and O–H groups in total. The molecule has 0 radical (unpaired) electrons. The minimum absolute atomic E-state index is 0.109. The first kappa shape index (κ1) is 24.7. The molecular weight excluding hydrogens is 356 g/mol. The largest absolute Gasteiger partial charge is 0.461 e. The highest BCUT2D eigenvalue weighted by Crippen LogP contribution is 2.32. The molecule has 1 heterocycles. The summed E-state index contributed by atoms with van der Waals surface area (Å²) in [5.41, 5.74) is -1.10.